The van der Waals surface area contributed by atoms with E-state index in [0.29, 0.717) is 17.0 Å². The highest BCUT2D eigenvalue weighted by molar-refractivity contribution is 6.04. The van der Waals surface area contributed by atoms with Crippen molar-refractivity contribution in [2.75, 3.05) is 33.1 Å². The summed E-state index contributed by atoms with van der Waals surface area (Å²) in [5, 5.41) is 3.67. The second-order valence-corrected chi connectivity index (χ2v) is 6.88. The Morgan fingerprint density at radius 1 is 1.28 bits per heavy atom. The number of aliphatic imine (C=N–C) groups is 1. The average molecular weight is 396 g/mol. The normalized spacial score (nSPS) is 21.0. The van der Waals surface area contributed by atoms with Crippen molar-refractivity contribution in [3.05, 3.63) is 30.5 Å². The van der Waals surface area contributed by atoms with Crippen LogP contribution in [0.15, 0.2) is 35.5 Å². The van der Waals surface area contributed by atoms with Gasteiger partial charge in [0.2, 0.25) is 5.91 Å². The number of methoxy groups -OCH3 is 1. The lowest BCUT2D eigenvalue weighted by Gasteiger charge is -2.39. The second-order valence-electron chi connectivity index (χ2n) is 6.88. The van der Waals surface area contributed by atoms with Gasteiger partial charge in [0, 0.05) is 31.7 Å². The molecule has 0 spiro atoms. The predicted octanol–water partition coefficient (Wildman–Crippen LogP) is 0.744. The fourth-order valence-electron chi connectivity index (χ4n) is 3.57. The maximum Gasteiger partial charge on any atom is 0.328 e. The van der Waals surface area contributed by atoms with Gasteiger partial charge in [-0.15, -0.1) is 0 Å². The van der Waals surface area contributed by atoms with Crippen LogP contribution in [-0.4, -0.2) is 83.8 Å². The second kappa shape index (κ2) is 7.04. The van der Waals surface area contributed by atoms with Gasteiger partial charge in [-0.1, -0.05) is 6.07 Å². The first kappa shape index (κ1) is 18.7. The highest BCUT2D eigenvalue weighted by Gasteiger charge is 2.48. The molecule has 1 fully saturated rings. The Morgan fingerprint density at radius 3 is 2.83 bits per heavy atom. The third kappa shape index (κ3) is 3.12. The van der Waals surface area contributed by atoms with E-state index in [2.05, 4.69) is 15.3 Å². The summed E-state index contributed by atoms with van der Waals surface area (Å²) in [4.78, 5) is 49.9. The highest BCUT2D eigenvalue weighted by Crippen LogP contribution is 2.28. The van der Waals surface area contributed by atoms with E-state index in [9.17, 15) is 14.4 Å². The van der Waals surface area contributed by atoms with Gasteiger partial charge in [0.15, 0.2) is 12.2 Å². The fraction of sp³-hybridized carbons (Fsp3) is 0.316. The summed E-state index contributed by atoms with van der Waals surface area (Å²) in [5.41, 5.74) is 1.14. The van der Waals surface area contributed by atoms with Crippen LogP contribution in [0, 0.1) is 0 Å². The number of benzene rings is 1. The number of carbonyl (C=O) groups excluding carboxylic acids is 3. The minimum atomic E-state index is -0.728. The Balaban J connectivity index is 1.54. The van der Waals surface area contributed by atoms with Crippen LogP contribution in [0.25, 0.3) is 10.9 Å². The number of nitrogens with one attached hydrogen (secondary N) is 1. The van der Waals surface area contributed by atoms with Crippen molar-refractivity contribution in [2.24, 2.45) is 4.99 Å². The SMILES string of the molecule is COc1cc(NC(=O)CN2C=NC3C2C(=O)N(C)C(=O)N3C)c2ncccc2c1. The molecular weight excluding hydrogens is 376 g/mol. The molecule has 2 atom stereocenters. The van der Waals surface area contributed by atoms with Crippen LogP contribution in [0.4, 0.5) is 10.5 Å². The van der Waals surface area contributed by atoms with E-state index in [-0.39, 0.29) is 12.5 Å². The molecule has 4 rings (SSSR count). The summed E-state index contributed by atoms with van der Waals surface area (Å²) < 4.78 is 5.30. The molecule has 10 nitrogen and oxygen atoms in total. The summed E-state index contributed by atoms with van der Waals surface area (Å²) >= 11 is 0. The molecule has 0 radical (unpaired) electrons. The molecule has 1 aromatic heterocycles. The van der Waals surface area contributed by atoms with E-state index in [1.54, 1.807) is 32.5 Å². The molecule has 4 amide bonds. The first-order valence-corrected chi connectivity index (χ1v) is 8.96. The fourth-order valence-corrected chi connectivity index (χ4v) is 3.57. The third-order valence-corrected chi connectivity index (χ3v) is 5.09. The monoisotopic (exact) mass is 396 g/mol. The number of urea groups is 1. The number of nitrogens with zero attached hydrogens (tertiary/aromatic N) is 5. The quantitative estimate of drug-likeness (QED) is 0.817. The minimum Gasteiger partial charge on any atom is -0.497 e. The van der Waals surface area contributed by atoms with Crippen LogP contribution in [0.3, 0.4) is 0 Å². The van der Waals surface area contributed by atoms with Crippen molar-refractivity contribution in [3.63, 3.8) is 0 Å². The van der Waals surface area contributed by atoms with Crippen molar-refractivity contribution >= 4 is 40.8 Å². The minimum absolute atomic E-state index is 0.0994. The Bertz CT molecular complexity index is 1040. The lowest BCUT2D eigenvalue weighted by Crippen LogP contribution is -2.64. The molecule has 0 aliphatic carbocycles. The summed E-state index contributed by atoms with van der Waals surface area (Å²) in [6, 6.07) is 6.06. The number of rotatable bonds is 4. The van der Waals surface area contributed by atoms with Crippen molar-refractivity contribution in [2.45, 2.75) is 12.2 Å². The number of ether oxygens (including phenoxy) is 1. The van der Waals surface area contributed by atoms with Gasteiger partial charge in [-0.3, -0.25) is 19.5 Å². The van der Waals surface area contributed by atoms with Gasteiger partial charge in [-0.25, -0.2) is 9.79 Å². The molecule has 2 aromatic rings. The van der Waals surface area contributed by atoms with E-state index >= 15 is 0 Å². The molecule has 150 valence electrons. The third-order valence-electron chi connectivity index (χ3n) is 5.09. The Labute approximate surface area is 166 Å². The van der Waals surface area contributed by atoms with Crippen molar-refractivity contribution in [1.82, 2.24) is 19.7 Å². The van der Waals surface area contributed by atoms with Crippen LogP contribution in [0.1, 0.15) is 0 Å². The molecule has 0 bridgehead atoms. The number of fused-ring (bicyclic) bond motifs is 2. The summed E-state index contributed by atoms with van der Waals surface area (Å²) in [5.74, 6) is -0.142. The van der Waals surface area contributed by atoms with Gasteiger partial charge in [0.1, 0.15) is 5.75 Å². The Hall–Kier alpha value is -3.69. The van der Waals surface area contributed by atoms with E-state index in [1.807, 2.05) is 12.1 Å². The topological polar surface area (TPSA) is 107 Å². The van der Waals surface area contributed by atoms with E-state index in [0.717, 1.165) is 10.3 Å². The van der Waals surface area contributed by atoms with E-state index in [1.165, 1.54) is 23.2 Å². The van der Waals surface area contributed by atoms with Crippen molar-refractivity contribution in [3.8, 4) is 5.75 Å². The Kier molecular flexibility index (Phi) is 4.53. The molecule has 3 heterocycles. The zero-order valence-corrected chi connectivity index (χ0v) is 16.2. The first-order chi connectivity index (χ1) is 13.9. The van der Waals surface area contributed by atoms with E-state index < -0.39 is 24.1 Å². The van der Waals surface area contributed by atoms with Crippen LogP contribution in [0.5, 0.6) is 5.75 Å². The molecule has 1 N–H and O–H groups in total. The van der Waals surface area contributed by atoms with Crippen molar-refractivity contribution in [1.29, 1.82) is 0 Å². The van der Waals surface area contributed by atoms with Gasteiger partial charge in [0.25, 0.3) is 5.91 Å². The zero-order chi connectivity index (χ0) is 20.7. The number of anilines is 1. The van der Waals surface area contributed by atoms with Crippen LogP contribution < -0.4 is 10.1 Å². The molecular formula is C19H20N6O4. The number of hydrogen-bond acceptors (Lipinski definition) is 7. The maximum absolute atomic E-state index is 12.7. The molecule has 2 aliphatic rings. The molecule has 2 unspecified atom stereocenters. The summed E-state index contributed by atoms with van der Waals surface area (Å²) in [6.45, 7) is -0.0994. The average Bonchev–Trinajstić information content (AvgIpc) is 3.14. The zero-order valence-electron chi connectivity index (χ0n) is 16.2. The highest BCUT2D eigenvalue weighted by atomic mass is 16.5. The predicted molar refractivity (Wildman–Crippen MR) is 106 cm³/mol. The molecule has 29 heavy (non-hydrogen) atoms. The van der Waals surface area contributed by atoms with Crippen LogP contribution in [0.2, 0.25) is 0 Å². The lowest BCUT2D eigenvalue weighted by atomic mass is 10.1. The number of imide groups is 1. The van der Waals surface area contributed by atoms with Gasteiger partial charge < -0.3 is 19.9 Å². The standard InChI is InChI=1S/C19H20N6O4/c1-23-17-16(18(27)24(2)19(23)28)25(10-21-17)9-14(26)22-13-8-12(29-3)7-11-5-4-6-20-15(11)13/h4-8,10,16-17H,9H2,1-3H3,(H,22,26). The van der Waals surface area contributed by atoms with Crippen LogP contribution in [-0.2, 0) is 9.59 Å². The van der Waals surface area contributed by atoms with Gasteiger partial charge in [-0.05, 0) is 12.1 Å². The maximum atomic E-state index is 12.7. The number of amides is 4. The van der Waals surface area contributed by atoms with Gasteiger partial charge >= 0.3 is 6.03 Å². The first-order valence-electron chi connectivity index (χ1n) is 8.96. The number of carbonyl (C=O) groups is 3. The molecule has 1 saturated heterocycles. The molecule has 2 aliphatic heterocycles. The largest absolute Gasteiger partial charge is 0.497 e. The number of pyridine rings is 1. The van der Waals surface area contributed by atoms with Gasteiger partial charge in [-0.2, -0.15) is 0 Å². The lowest BCUT2D eigenvalue weighted by molar-refractivity contribution is -0.136. The van der Waals surface area contributed by atoms with Crippen molar-refractivity contribution < 1.29 is 19.1 Å². The smallest absolute Gasteiger partial charge is 0.328 e. The number of likely N-dealkylation sites (N-methyl/N-ethyl adjacent to an activating group) is 2. The summed E-state index contributed by atoms with van der Waals surface area (Å²) in [7, 11) is 4.55. The molecule has 0 saturated carbocycles. The van der Waals surface area contributed by atoms with E-state index in [4.69, 9.17) is 4.74 Å². The number of hydrogen-bond donors (Lipinski definition) is 1. The molecule has 10 heteroatoms. The Morgan fingerprint density at radius 2 is 2.07 bits per heavy atom. The number of aromatic nitrogens is 1. The summed E-state index contributed by atoms with van der Waals surface area (Å²) in [6.07, 6.45) is 2.45. The molecule has 1 aromatic carbocycles. The van der Waals surface area contributed by atoms with Gasteiger partial charge in [0.05, 0.1) is 31.2 Å². The van der Waals surface area contributed by atoms with Crippen LogP contribution >= 0.6 is 0 Å².